The molecule has 0 aliphatic heterocycles. The van der Waals surface area contributed by atoms with E-state index in [-0.39, 0.29) is 0 Å². The van der Waals surface area contributed by atoms with Gasteiger partial charge < -0.3 is 5.73 Å². The molecule has 72 valence electrons. The van der Waals surface area contributed by atoms with Gasteiger partial charge in [0.25, 0.3) is 0 Å². The molecule has 0 bridgehead atoms. The molecule has 1 heterocycles. The highest BCUT2D eigenvalue weighted by Gasteiger charge is 2.07. The summed E-state index contributed by atoms with van der Waals surface area (Å²) in [5.41, 5.74) is 8.68. The molecular formula is C10H10BrN3. The van der Waals surface area contributed by atoms with Gasteiger partial charge in [-0.2, -0.15) is 5.10 Å². The summed E-state index contributed by atoms with van der Waals surface area (Å²) in [6.07, 6.45) is 3.74. The van der Waals surface area contributed by atoms with Crippen LogP contribution in [0.25, 0.3) is 11.1 Å². The summed E-state index contributed by atoms with van der Waals surface area (Å²) in [5.74, 6) is 0. The molecule has 4 heteroatoms. The predicted molar refractivity (Wildman–Crippen MR) is 60.8 cm³/mol. The second-order valence-electron chi connectivity index (χ2n) is 3.11. The van der Waals surface area contributed by atoms with Gasteiger partial charge in [-0.05, 0) is 12.1 Å². The third-order valence-electron chi connectivity index (χ3n) is 2.04. The van der Waals surface area contributed by atoms with Gasteiger partial charge in [-0.15, -0.1) is 0 Å². The second-order valence-corrected chi connectivity index (χ2v) is 3.96. The topological polar surface area (TPSA) is 43.8 Å². The maximum Gasteiger partial charge on any atom is 0.0569 e. The Morgan fingerprint density at radius 2 is 2.21 bits per heavy atom. The average Bonchev–Trinajstić information content (AvgIpc) is 2.51. The first-order valence-corrected chi connectivity index (χ1v) is 5.01. The van der Waals surface area contributed by atoms with Crippen LogP contribution in [0.5, 0.6) is 0 Å². The summed E-state index contributed by atoms with van der Waals surface area (Å²) < 4.78 is 2.75. The zero-order valence-corrected chi connectivity index (χ0v) is 9.32. The van der Waals surface area contributed by atoms with Crippen LogP contribution in [0.1, 0.15) is 0 Å². The molecule has 1 aromatic carbocycles. The van der Waals surface area contributed by atoms with E-state index in [1.54, 1.807) is 10.9 Å². The van der Waals surface area contributed by atoms with Gasteiger partial charge in [-0.25, -0.2) is 0 Å². The number of aryl methyl sites for hydroxylation is 1. The van der Waals surface area contributed by atoms with Crippen molar-refractivity contribution >= 4 is 21.6 Å². The SMILES string of the molecule is Cn1cc(-c2c(N)cccc2Br)cn1. The molecule has 2 rings (SSSR count). The molecule has 2 N–H and O–H groups in total. The monoisotopic (exact) mass is 251 g/mol. The van der Waals surface area contributed by atoms with Crippen molar-refractivity contribution < 1.29 is 0 Å². The lowest BCUT2D eigenvalue weighted by atomic mass is 10.1. The van der Waals surface area contributed by atoms with Crippen LogP contribution in [0.4, 0.5) is 5.69 Å². The van der Waals surface area contributed by atoms with Crippen LogP contribution in [-0.2, 0) is 7.05 Å². The van der Waals surface area contributed by atoms with Crippen molar-refractivity contribution in [3.8, 4) is 11.1 Å². The lowest BCUT2D eigenvalue weighted by Gasteiger charge is -2.04. The van der Waals surface area contributed by atoms with Gasteiger partial charge in [-0.1, -0.05) is 22.0 Å². The minimum atomic E-state index is 0.757. The van der Waals surface area contributed by atoms with Crippen LogP contribution in [-0.4, -0.2) is 9.78 Å². The van der Waals surface area contributed by atoms with Crippen LogP contribution in [0.2, 0.25) is 0 Å². The molecule has 14 heavy (non-hydrogen) atoms. The highest BCUT2D eigenvalue weighted by molar-refractivity contribution is 9.10. The van der Waals surface area contributed by atoms with Crippen molar-refractivity contribution in [3.63, 3.8) is 0 Å². The molecule has 0 saturated carbocycles. The van der Waals surface area contributed by atoms with Crippen molar-refractivity contribution in [3.05, 3.63) is 35.1 Å². The molecule has 0 spiro atoms. The Bertz CT molecular complexity index is 442. The second kappa shape index (κ2) is 3.46. The summed E-state index contributed by atoms with van der Waals surface area (Å²) in [7, 11) is 1.89. The lowest BCUT2D eigenvalue weighted by Crippen LogP contribution is -1.90. The number of nitrogens with zero attached hydrogens (tertiary/aromatic N) is 2. The van der Waals surface area contributed by atoms with Gasteiger partial charge in [0.1, 0.15) is 0 Å². The van der Waals surface area contributed by atoms with E-state index < -0.39 is 0 Å². The van der Waals surface area contributed by atoms with Gasteiger partial charge >= 0.3 is 0 Å². The maximum absolute atomic E-state index is 5.90. The summed E-state index contributed by atoms with van der Waals surface area (Å²) in [6, 6.07) is 5.77. The largest absolute Gasteiger partial charge is 0.398 e. The molecule has 3 nitrogen and oxygen atoms in total. The Hall–Kier alpha value is -1.29. The van der Waals surface area contributed by atoms with Gasteiger partial charge in [-0.3, -0.25) is 4.68 Å². The van der Waals surface area contributed by atoms with Crippen molar-refractivity contribution in [2.24, 2.45) is 7.05 Å². The predicted octanol–water partition coefficient (Wildman–Crippen LogP) is 2.43. The molecule has 0 fully saturated rings. The third kappa shape index (κ3) is 1.53. The first-order valence-electron chi connectivity index (χ1n) is 4.21. The smallest absolute Gasteiger partial charge is 0.0569 e. The number of rotatable bonds is 1. The quantitative estimate of drug-likeness (QED) is 0.792. The van der Waals surface area contributed by atoms with Crippen LogP contribution in [0.3, 0.4) is 0 Å². The van der Waals surface area contributed by atoms with E-state index in [0.717, 1.165) is 21.3 Å². The average molecular weight is 252 g/mol. The van der Waals surface area contributed by atoms with Crippen molar-refractivity contribution in [2.75, 3.05) is 5.73 Å². The van der Waals surface area contributed by atoms with E-state index in [1.807, 2.05) is 31.4 Å². The molecule has 0 atom stereocenters. The van der Waals surface area contributed by atoms with Crippen molar-refractivity contribution in [2.45, 2.75) is 0 Å². The van der Waals surface area contributed by atoms with E-state index in [4.69, 9.17) is 5.73 Å². The minimum absolute atomic E-state index is 0.757. The Kier molecular flexibility index (Phi) is 2.29. The molecule has 0 aliphatic rings. The number of anilines is 1. The number of hydrogen-bond acceptors (Lipinski definition) is 2. The van der Waals surface area contributed by atoms with E-state index in [9.17, 15) is 0 Å². The number of nitrogen functional groups attached to an aromatic ring is 1. The van der Waals surface area contributed by atoms with Gasteiger partial charge in [0, 0.05) is 34.5 Å². The third-order valence-corrected chi connectivity index (χ3v) is 2.70. The number of benzene rings is 1. The molecule has 2 aromatic rings. The lowest BCUT2D eigenvalue weighted by molar-refractivity contribution is 0.768. The number of hydrogen-bond donors (Lipinski definition) is 1. The standard InChI is InChI=1S/C10H10BrN3/c1-14-6-7(5-13-14)10-8(11)3-2-4-9(10)12/h2-6H,12H2,1H3. The van der Waals surface area contributed by atoms with Crippen LogP contribution in [0, 0.1) is 0 Å². The van der Waals surface area contributed by atoms with E-state index in [0.29, 0.717) is 0 Å². The molecular weight excluding hydrogens is 242 g/mol. The molecule has 0 unspecified atom stereocenters. The number of nitrogens with two attached hydrogens (primary N) is 1. The Balaban J connectivity index is 2.61. The van der Waals surface area contributed by atoms with Crippen LogP contribution < -0.4 is 5.73 Å². The van der Waals surface area contributed by atoms with Gasteiger partial charge in [0.05, 0.1) is 6.20 Å². The molecule has 0 aliphatic carbocycles. The first kappa shape index (κ1) is 9.27. The summed E-state index contributed by atoms with van der Waals surface area (Å²) in [5, 5.41) is 4.12. The fourth-order valence-corrected chi connectivity index (χ4v) is 2.01. The first-order chi connectivity index (χ1) is 6.68. The summed E-state index contributed by atoms with van der Waals surface area (Å²) >= 11 is 3.48. The highest BCUT2D eigenvalue weighted by atomic mass is 79.9. The van der Waals surface area contributed by atoms with Crippen LogP contribution in [0.15, 0.2) is 35.1 Å². The van der Waals surface area contributed by atoms with E-state index in [1.165, 1.54) is 0 Å². The molecule has 0 saturated heterocycles. The van der Waals surface area contributed by atoms with Crippen LogP contribution >= 0.6 is 15.9 Å². The molecule has 0 amide bonds. The Morgan fingerprint density at radius 3 is 2.79 bits per heavy atom. The zero-order valence-electron chi connectivity index (χ0n) is 7.74. The molecule has 0 radical (unpaired) electrons. The van der Waals surface area contributed by atoms with Crippen molar-refractivity contribution in [1.82, 2.24) is 9.78 Å². The number of halogens is 1. The summed E-state index contributed by atoms with van der Waals surface area (Å²) in [4.78, 5) is 0. The van der Waals surface area contributed by atoms with Gasteiger partial charge in [0.2, 0.25) is 0 Å². The normalized spacial score (nSPS) is 10.4. The Labute approximate surface area is 90.7 Å². The summed E-state index contributed by atoms with van der Waals surface area (Å²) in [6.45, 7) is 0. The fourth-order valence-electron chi connectivity index (χ4n) is 1.40. The Morgan fingerprint density at radius 1 is 1.43 bits per heavy atom. The zero-order chi connectivity index (χ0) is 10.1. The molecule has 1 aromatic heterocycles. The van der Waals surface area contributed by atoms with Crippen molar-refractivity contribution in [1.29, 1.82) is 0 Å². The van der Waals surface area contributed by atoms with Gasteiger partial charge in [0.15, 0.2) is 0 Å². The van der Waals surface area contributed by atoms with E-state index >= 15 is 0 Å². The minimum Gasteiger partial charge on any atom is -0.398 e. The fraction of sp³-hybridized carbons (Fsp3) is 0.100. The maximum atomic E-state index is 5.90. The number of aromatic nitrogens is 2. The van der Waals surface area contributed by atoms with E-state index in [2.05, 4.69) is 21.0 Å². The highest BCUT2D eigenvalue weighted by Crippen LogP contribution is 2.32.